The fourth-order valence-corrected chi connectivity index (χ4v) is 3.75. The smallest absolute Gasteiger partial charge is 0.293 e. The summed E-state index contributed by atoms with van der Waals surface area (Å²) in [6, 6.07) is 10.5. The molecule has 0 saturated heterocycles. The van der Waals surface area contributed by atoms with Gasteiger partial charge in [0.2, 0.25) is 5.09 Å². The molecule has 0 aliphatic carbocycles. The fraction of sp³-hybridized carbons (Fsp3) is 0.176. The van der Waals surface area contributed by atoms with Crippen molar-refractivity contribution < 1.29 is 17.6 Å². The number of sulfonamides is 1. The standard InChI is InChI=1S/C17H17N3O4S2/c1-10-4-6-12(7-5-10)15-11(2)25-17(19-15)20-16(21)13-8-9-14(24-13)26(22,23)18-3/h4-9,18H,1-3H3,(H,19,20,21). The Bertz CT molecular complexity index is 1050. The highest BCUT2D eigenvalue weighted by Crippen LogP contribution is 2.30. The van der Waals surface area contributed by atoms with Crippen molar-refractivity contribution >= 4 is 32.4 Å². The van der Waals surface area contributed by atoms with Gasteiger partial charge in [0.15, 0.2) is 10.9 Å². The van der Waals surface area contributed by atoms with E-state index in [2.05, 4.69) is 15.0 Å². The van der Waals surface area contributed by atoms with Crippen LogP contribution in [-0.2, 0) is 10.0 Å². The van der Waals surface area contributed by atoms with Crippen LogP contribution in [0.2, 0.25) is 0 Å². The molecule has 0 aliphatic rings. The Hall–Kier alpha value is -2.49. The van der Waals surface area contributed by atoms with Crippen molar-refractivity contribution in [2.75, 3.05) is 12.4 Å². The number of rotatable bonds is 5. The van der Waals surface area contributed by atoms with E-state index in [1.54, 1.807) is 0 Å². The number of aryl methyl sites for hydroxylation is 2. The zero-order chi connectivity index (χ0) is 18.9. The minimum atomic E-state index is -3.74. The Labute approximate surface area is 155 Å². The van der Waals surface area contributed by atoms with Crippen molar-refractivity contribution in [2.45, 2.75) is 18.9 Å². The molecule has 2 N–H and O–H groups in total. The lowest BCUT2D eigenvalue weighted by Gasteiger charge is -2.00. The van der Waals surface area contributed by atoms with Gasteiger partial charge in [-0.05, 0) is 33.0 Å². The van der Waals surface area contributed by atoms with Crippen LogP contribution in [-0.4, -0.2) is 26.4 Å². The number of nitrogens with one attached hydrogen (secondary N) is 2. The third-order valence-electron chi connectivity index (χ3n) is 3.68. The second kappa shape index (κ2) is 7.02. The Balaban J connectivity index is 1.80. The highest BCUT2D eigenvalue weighted by Gasteiger charge is 2.20. The van der Waals surface area contributed by atoms with Gasteiger partial charge in [0.05, 0.1) is 5.69 Å². The molecule has 7 nitrogen and oxygen atoms in total. The summed E-state index contributed by atoms with van der Waals surface area (Å²) in [6.45, 7) is 3.93. The first kappa shape index (κ1) is 18.3. The summed E-state index contributed by atoms with van der Waals surface area (Å²) < 4.78 is 30.6. The van der Waals surface area contributed by atoms with E-state index in [1.165, 1.54) is 30.5 Å². The average Bonchev–Trinajstić information content (AvgIpc) is 3.23. The Morgan fingerprint density at radius 2 is 1.81 bits per heavy atom. The third kappa shape index (κ3) is 3.69. The normalized spacial score (nSPS) is 11.5. The van der Waals surface area contributed by atoms with Gasteiger partial charge in [-0.15, -0.1) is 11.3 Å². The first-order valence-electron chi connectivity index (χ1n) is 7.69. The topological polar surface area (TPSA) is 101 Å². The van der Waals surface area contributed by atoms with Crippen molar-refractivity contribution in [3.63, 3.8) is 0 Å². The van der Waals surface area contributed by atoms with Gasteiger partial charge in [-0.2, -0.15) is 0 Å². The monoisotopic (exact) mass is 391 g/mol. The molecule has 0 aliphatic heterocycles. The average molecular weight is 391 g/mol. The van der Waals surface area contributed by atoms with Gasteiger partial charge in [-0.1, -0.05) is 29.8 Å². The predicted octanol–water partition coefficient (Wildman–Crippen LogP) is 3.18. The molecular weight excluding hydrogens is 374 g/mol. The molecule has 2 heterocycles. The van der Waals surface area contributed by atoms with Gasteiger partial charge in [0, 0.05) is 10.4 Å². The number of furan rings is 1. The van der Waals surface area contributed by atoms with Gasteiger partial charge in [-0.3, -0.25) is 10.1 Å². The van der Waals surface area contributed by atoms with Crippen LogP contribution < -0.4 is 10.0 Å². The van der Waals surface area contributed by atoms with Crippen molar-refractivity contribution in [1.82, 2.24) is 9.71 Å². The SMILES string of the molecule is CNS(=O)(=O)c1ccc(C(=O)Nc2nc(-c3ccc(C)cc3)c(C)s2)o1. The quantitative estimate of drug-likeness (QED) is 0.696. The molecule has 1 aromatic carbocycles. The molecule has 9 heteroatoms. The molecule has 0 unspecified atom stereocenters. The number of hydrogen-bond donors (Lipinski definition) is 2. The van der Waals surface area contributed by atoms with Gasteiger partial charge >= 0.3 is 0 Å². The largest absolute Gasteiger partial charge is 0.438 e. The molecule has 0 saturated carbocycles. The van der Waals surface area contributed by atoms with Gasteiger partial charge in [-0.25, -0.2) is 18.1 Å². The Kier molecular flexibility index (Phi) is 4.94. The van der Waals surface area contributed by atoms with E-state index in [-0.39, 0.29) is 10.9 Å². The van der Waals surface area contributed by atoms with Gasteiger partial charge in [0.25, 0.3) is 15.9 Å². The molecule has 26 heavy (non-hydrogen) atoms. The number of nitrogens with zero attached hydrogens (tertiary/aromatic N) is 1. The van der Waals surface area contributed by atoms with Crippen molar-refractivity contribution in [1.29, 1.82) is 0 Å². The molecule has 1 amide bonds. The molecule has 3 rings (SSSR count). The molecule has 0 spiro atoms. The number of aromatic nitrogens is 1. The second-order valence-electron chi connectivity index (χ2n) is 5.57. The fourth-order valence-electron chi connectivity index (χ4n) is 2.28. The summed E-state index contributed by atoms with van der Waals surface area (Å²) in [5.74, 6) is -0.671. The first-order valence-corrected chi connectivity index (χ1v) is 9.99. The van der Waals surface area contributed by atoms with E-state index in [0.29, 0.717) is 5.13 Å². The minimum absolute atomic E-state index is 0.108. The summed E-state index contributed by atoms with van der Waals surface area (Å²) in [5.41, 5.74) is 2.91. The minimum Gasteiger partial charge on any atom is -0.438 e. The number of anilines is 1. The van der Waals surface area contributed by atoms with Crippen molar-refractivity contribution in [3.05, 3.63) is 52.6 Å². The number of hydrogen-bond acceptors (Lipinski definition) is 6. The maximum atomic E-state index is 12.3. The maximum absolute atomic E-state index is 12.3. The van der Waals surface area contributed by atoms with E-state index in [4.69, 9.17) is 4.42 Å². The lowest BCUT2D eigenvalue weighted by molar-refractivity contribution is 0.0991. The zero-order valence-corrected chi connectivity index (χ0v) is 16.0. The van der Waals surface area contributed by atoms with Crippen molar-refractivity contribution in [2.24, 2.45) is 0 Å². The van der Waals surface area contributed by atoms with E-state index in [0.717, 1.165) is 21.7 Å². The Morgan fingerprint density at radius 1 is 1.12 bits per heavy atom. The van der Waals surface area contributed by atoms with Crippen LogP contribution in [0.25, 0.3) is 11.3 Å². The molecule has 0 radical (unpaired) electrons. The summed E-state index contributed by atoms with van der Waals surface area (Å²) in [7, 11) is -2.47. The van der Waals surface area contributed by atoms with E-state index in [1.807, 2.05) is 38.1 Å². The van der Waals surface area contributed by atoms with E-state index in [9.17, 15) is 13.2 Å². The highest BCUT2D eigenvalue weighted by atomic mass is 32.2. The number of benzene rings is 1. The lowest BCUT2D eigenvalue weighted by Crippen LogP contribution is -2.18. The van der Waals surface area contributed by atoms with Gasteiger partial charge < -0.3 is 4.42 Å². The van der Waals surface area contributed by atoms with Crippen LogP contribution in [0, 0.1) is 13.8 Å². The number of carbonyl (C=O) groups excluding carboxylic acids is 1. The summed E-state index contributed by atoms with van der Waals surface area (Å²) >= 11 is 1.34. The molecule has 0 fully saturated rings. The number of thiazole rings is 1. The molecule has 0 atom stereocenters. The number of amides is 1. The van der Waals surface area contributed by atoms with Crippen LogP contribution in [0.1, 0.15) is 21.0 Å². The summed E-state index contributed by atoms with van der Waals surface area (Å²) in [5, 5.41) is 2.74. The second-order valence-corrected chi connectivity index (χ2v) is 8.59. The predicted molar refractivity (Wildman–Crippen MR) is 99.9 cm³/mol. The van der Waals surface area contributed by atoms with E-state index >= 15 is 0 Å². The third-order valence-corrected chi connectivity index (χ3v) is 5.85. The highest BCUT2D eigenvalue weighted by molar-refractivity contribution is 7.89. The van der Waals surface area contributed by atoms with Gasteiger partial charge in [0.1, 0.15) is 0 Å². The molecule has 0 bridgehead atoms. The van der Waals surface area contributed by atoms with Crippen LogP contribution in [0.15, 0.2) is 45.9 Å². The van der Waals surface area contributed by atoms with Crippen molar-refractivity contribution in [3.8, 4) is 11.3 Å². The molecular formula is C17H17N3O4S2. The van der Waals surface area contributed by atoms with Crippen LogP contribution in [0.4, 0.5) is 5.13 Å². The Morgan fingerprint density at radius 3 is 2.46 bits per heavy atom. The van der Waals surface area contributed by atoms with Crippen LogP contribution in [0.3, 0.4) is 0 Å². The first-order chi connectivity index (χ1) is 12.3. The van der Waals surface area contributed by atoms with Crippen LogP contribution in [0.5, 0.6) is 0 Å². The van der Waals surface area contributed by atoms with Crippen LogP contribution >= 0.6 is 11.3 Å². The van der Waals surface area contributed by atoms with E-state index < -0.39 is 15.9 Å². The zero-order valence-electron chi connectivity index (χ0n) is 14.4. The maximum Gasteiger partial charge on any atom is 0.293 e. The lowest BCUT2D eigenvalue weighted by atomic mass is 10.1. The molecule has 2 aromatic heterocycles. The summed E-state index contributed by atoms with van der Waals surface area (Å²) in [4.78, 5) is 17.7. The molecule has 3 aromatic rings. The summed E-state index contributed by atoms with van der Waals surface area (Å²) in [6.07, 6.45) is 0. The molecule has 136 valence electrons. The number of carbonyl (C=O) groups is 1.